The number of carbonyl (C=O) groups excluding carboxylic acids is 2. The van der Waals surface area contributed by atoms with Crippen LogP contribution in [0.25, 0.3) is 10.9 Å². The Hall–Kier alpha value is -4.27. The number of nitrogens with one attached hydrogen (secondary N) is 1. The third-order valence-electron chi connectivity index (χ3n) is 7.74. The van der Waals surface area contributed by atoms with Crippen molar-refractivity contribution < 1.29 is 27.5 Å². The number of nitrogens with zero attached hydrogens (tertiary/aromatic N) is 5. The van der Waals surface area contributed by atoms with Crippen LogP contribution in [0.2, 0.25) is 0 Å². The molecule has 0 atom stereocenters. The van der Waals surface area contributed by atoms with Crippen molar-refractivity contribution in [3.8, 4) is 11.6 Å². The zero-order valence-corrected chi connectivity index (χ0v) is 28.5. The SMILES string of the molecule is Br.Br.Cn1c(C(=O)N2CCN(Cc3ccncc3)CC2)cc2cc(Oc3ccc(NC(=O)c4ccc(C(F)(F)F)cc4)cn3)ccc21. The highest BCUT2D eigenvalue weighted by molar-refractivity contribution is 8.93. The van der Waals surface area contributed by atoms with Crippen molar-refractivity contribution in [2.45, 2.75) is 12.7 Å². The molecule has 0 spiro atoms. The van der Waals surface area contributed by atoms with E-state index in [0.29, 0.717) is 30.2 Å². The highest BCUT2D eigenvalue weighted by atomic mass is 79.9. The molecule has 0 unspecified atom stereocenters. The molecule has 3 aromatic heterocycles. The maximum atomic E-state index is 13.4. The topological polar surface area (TPSA) is 92.6 Å². The maximum absolute atomic E-state index is 13.4. The van der Waals surface area contributed by atoms with Crippen LogP contribution in [0.5, 0.6) is 11.6 Å². The summed E-state index contributed by atoms with van der Waals surface area (Å²) in [5, 5.41) is 3.45. The van der Waals surface area contributed by atoms with Gasteiger partial charge in [-0.1, -0.05) is 0 Å². The Morgan fingerprint density at radius 1 is 0.894 bits per heavy atom. The van der Waals surface area contributed by atoms with Crippen molar-refractivity contribution in [2.75, 3.05) is 31.5 Å². The normalized spacial score (nSPS) is 13.4. The number of rotatable bonds is 7. The van der Waals surface area contributed by atoms with Gasteiger partial charge in [0.15, 0.2) is 0 Å². The van der Waals surface area contributed by atoms with E-state index in [4.69, 9.17) is 4.74 Å². The molecule has 5 aromatic rings. The van der Waals surface area contributed by atoms with Gasteiger partial charge in [-0.3, -0.25) is 19.5 Å². The Morgan fingerprint density at radius 2 is 1.60 bits per heavy atom. The van der Waals surface area contributed by atoms with Crippen LogP contribution in [0.15, 0.2) is 91.4 Å². The molecule has 2 aromatic carbocycles. The molecule has 1 aliphatic heterocycles. The first kappa shape index (κ1) is 35.6. The van der Waals surface area contributed by atoms with Gasteiger partial charge in [-0.2, -0.15) is 13.2 Å². The van der Waals surface area contributed by atoms with Crippen LogP contribution in [0.1, 0.15) is 32.0 Å². The second-order valence-corrected chi connectivity index (χ2v) is 10.7. The summed E-state index contributed by atoms with van der Waals surface area (Å²) < 4.78 is 46.2. The molecule has 1 fully saturated rings. The maximum Gasteiger partial charge on any atom is 0.416 e. The first-order valence-electron chi connectivity index (χ1n) is 14.3. The van der Waals surface area contributed by atoms with Crippen LogP contribution >= 0.6 is 34.0 Å². The molecule has 0 aliphatic carbocycles. The number of carbonyl (C=O) groups is 2. The van der Waals surface area contributed by atoms with Crippen molar-refractivity contribution in [3.05, 3.63) is 114 Å². The summed E-state index contributed by atoms with van der Waals surface area (Å²) >= 11 is 0. The van der Waals surface area contributed by atoms with Crippen molar-refractivity contribution >= 4 is 62.4 Å². The summed E-state index contributed by atoms with van der Waals surface area (Å²) in [6.45, 7) is 3.70. The Morgan fingerprint density at radius 3 is 2.23 bits per heavy atom. The number of pyridine rings is 2. The van der Waals surface area contributed by atoms with Gasteiger partial charge in [-0.15, -0.1) is 34.0 Å². The van der Waals surface area contributed by atoms with Gasteiger partial charge < -0.3 is 19.5 Å². The number of piperazine rings is 1. The van der Waals surface area contributed by atoms with Gasteiger partial charge >= 0.3 is 6.18 Å². The number of alkyl halides is 3. The van der Waals surface area contributed by atoms with Crippen LogP contribution in [0.3, 0.4) is 0 Å². The third kappa shape index (κ3) is 8.37. The number of hydrogen-bond donors (Lipinski definition) is 1. The molecule has 4 heterocycles. The monoisotopic (exact) mass is 774 g/mol. The van der Waals surface area contributed by atoms with Gasteiger partial charge in [-0.25, -0.2) is 4.98 Å². The first-order valence-corrected chi connectivity index (χ1v) is 14.3. The molecular formula is C33H31Br2F3N6O3. The molecule has 14 heteroatoms. The predicted octanol–water partition coefficient (Wildman–Crippen LogP) is 7.15. The fourth-order valence-corrected chi connectivity index (χ4v) is 5.26. The number of halogens is 5. The summed E-state index contributed by atoms with van der Waals surface area (Å²) in [4.78, 5) is 38.4. The summed E-state index contributed by atoms with van der Waals surface area (Å²) in [5.41, 5.74) is 2.29. The molecule has 0 radical (unpaired) electrons. The fraction of sp³-hybridized carbons (Fsp3) is 0.212. The highest BCUT2D eigenvalue weighted by Gasteiger charge is 2.30. The Labute approximate surface area is 289 Å². The number of hydrogen-bond acceptors (Lipinski definition) is 6. The lowest BCUT2D eigenvalue weighted by Gasteiger charge is -2.34. The van der Waals surface area contributed by atoms with E-state index in [9.17, 15) is 22.8 Å². The van der Waals surface area contributed by atoms with Crippen LogP contribution in [-0.4, -0.2) is 62.3 Å². The van der Waals surface area contributed by atoms with E-state index < -0.39 is 17.6 Å². The van der Waals surface area contributed by atoms with E-state index in [1.807, 2.05) is 46.8 Å². The standard InChI is InChI=1S/C33H29F3N6O3.2BrH/c1-40-28-8-7-27(45-30-9-6-26(20-38-30)39-31(43)23-2-4-25(5-3-23)33(34,35)36)18-24(28)19-29(40)32(44)42-16-14-41(15-17-42)21-22-10-12-37-13-11-22;;/h2-13,18-20H,14-17,21H2,1H3,(H,39,43);2*1H. The molecule has 1 saturated heterocycles. The predicted molar refractivity (Wildman–Crippen MR) is 183 cm³/mol. The lowest BCUT2D eigenvalue weighted by atomic mass is 10.1. The average Bonchev–Trinajstić information content (AvgIpc) is 3.37. The molecule has 9 nitrogen and oxygen atoms in total. The van der Waals surface area contributed by atoms with Gasteiger partial charge in [0.2, 0.25) is 5.88 Å². The average molecular weight is 776 g/mol. The Balaban J connectivity index is 0.00000250. The first-order chi connectivity index (χ1) is 21.6. The van der Waals surface area contributed by atoms with Crippen molar-refractivity contribution in [1.82, 2.24) is 24.3 Å². The van der Waals surface area contributed by atoms with Gasteiger partial charge in [-0.05, 0) is 72.3 Å². The van der Waals surface area contributed by atoms with E-state index in [0.717, 1.165) is 54.8 Å². The molecule has 2 amide bonds. The molecule has 0 bridgehead atoms. The molecule has 1 N–H and O–H groups in total. The zero-order chi connectivity index (χ0) is 31.6. The number of benzene rings is 2. The van der Waals surface area contributed by atoms with Crippen molar-refractivity contribution in [1.29, 1.82) is 0 Å². The largest absolute Gasteiger partial charge is 0.439 e. The number of ether oxygens (including phenoxy) is 1. The van der Waals surface area contributed by atoms with Gasteiger partial charge in [0.25, 0.3) is 11.8 Å². The van der Waals surface area contributed by atoms with Crippen LogP contribution in [0, 0.1) is 0 Å². The summed E-state index contributed by atoms with van der Waals surface area (Å²) in [7, 11) is 1.87. The summed E-state index contributed by atoms with van der Waals surface area (Å²) in [6.07, 6.45) is 0.498. The van der Waals surface area contributed by atoms with E-state index in [1.54, 1.807) is 30.6 Å². The number of fused-ring (bicyclic) bond motifs is 1. The molecule has 47 heavy (non-hydrogen) atoms. The minimum Gasteiger partial charge on any atom is -0.439 e. The number of amides is 2. The lowest BCUT2D eigenvalue weighted by Crippen LogP contribution is -2.48. The van der Waals surface area contributed by atoms with Gasteiger partial charge in [0.05, 0.1) is 17.4 Å². The smallest absolute Gasteiger partial charge is 0.416 e. The fourth-order valence-electron chi connectivity index (χ4n) is 5.26. The summed E-state index contributed by atoms with van der Waals surface area (Å²) in [5.74, 6) is 0.214. The Kier molecular flexibility index (Phi) is 11.4. The van der Waals surface area contributed by atoms with Gasteiger partial charge in [0, 0.05) is 74.7 Å². The third-order valence-corrected chi connectivity index (χ3v) is 7.74. The number of aromatic nitrogens is 3. The van der Waals surface area contributed by atoms with Crippen molar-refractivity contribution in [2.24, 2.45) is 7.05 Å². The zero-order valence-electron chi connectivity index (χ0n) is 25.1. The Bertz CT molecular complexity index is 1830. The number of anilines is 1. The molecule has 1 aliphatic rings. The van der Waals surface area contributed by atoms with E-state index in [2.05, 4.69) is 20.2 Å². The minimum atomic E-state index is -4.47. The quantitative estimate of drug-likeness (QED) is 0.189. The van der Waals surface area contributed by atoms with E-state index in [1.165, 1.54) is 11.8 Å². The lowest BCUT2D eigenvalue weighted by molar-refractivity contribution is -0.137. The minimum absolute atomic E-state index is 0. The molecule has 6 rings (SSSR count). The molecule has 0 saturated carbocycles. The molecule has 246 valence electrons. The summed E-state index contributed by atoms with van der Waals surface area (Å²) in [6, 6.07) is 18.5. The van der Waals surface area contributed by atoms with Crippen LogP contribution in [0.4, 0.5) is 18.9 Å². The van der Waals surface area contributed by atoms with Crippen LogP contribution in [-0.2, 0) is 19.8 Å². The van der Waals surface area contributed by atoms with E-state index >= 15 is 0 Å². The molecular weight excluding hydrogens is 745 g/mol. The van der Waals surface area contributed by atoms with Crippen LogP contribution < -0.4 is 10.1 Å². The number of aryl methyl sites for hydroxylation is 1. The van der Waals surface area contributed by atoms with E-state index in [-0.39, 0.29) is 51.3 Å². The highest BCUT2D eigenvalue weighted by Crippen LogP contribution is 2.30. The van der Waals surface area contributed by atoms with Gasteiger partial charge in [0.1, 0.15) is 11.4 Å². The van der Waals surface area contributed by atoms with Crippen molar-refractivity contribution in [3.63, 3.8) is 0 Å². The second-order valence-electron chi connectivity index (χ2n) is 10.7. The second kappa shape index (κ2) is 15.1.